The second-order valence-corrected chi connectivity index (χ2v) is 6.73. The van der Waals surface area contributed by atoms with E-state index in [1.807, 2.05) is 39.0 Å². The van der Waals surface area contributed by atoms with Crippen molar-refractivity contribution in [3.8, 4) is 5.75 Å². The van der Waals surface area contributed by atoms with Gasteiger partial charge in [-0.15, -0.1) is 0 Å². The molecule has 1 aliphatic heterocycles. The van der Waals surface area contributed by atoms with Gasteiger partial charge in [-0.1, -0.05) is 17.7 Å². The molecule has 27 heavy (non-hydrogen) atoms. The Hall–Kier alpha value is -2.12. The first kappa shape index (κ1) is 21.2. The molecule has 1 atom stereocenters. The van der Waals surface area contributed by atoms with Gasteiger partial charge >= 0.3 is 11.8 Å². The van der Waals surface area contributed by atoms with E-state index in [9.17, 15) is 9.59 Å². The van der Waals surface area contributed by atoms with Gasteiger partial charge in [-0.25, -0.2) is 0 Å². The van der Waals surface area contributed by atoms with Crippen LogP contribution in [0.2, 0.25) is 0 Å². The SMILES string of the molecule is CCOc1ccc(C)cc1C(C)NC(=O)C(=O)NCCCN1CCOCC1. The topological polar surface area (TPSA) is 79.9 Å². The van der Waals surface area contributed by atoms with Crippen LogP contribution in [0.5, 0.6) is 5.75 Å². The third-order valence-electron chi connectivity index (χ3n) is 4.53. The number of nitrogens with zero attached hydrogens (tertiary/aromatic N) is 1. The summed E-state index contributed by atoms with van der Waals surface area (Å²) in [7, 11) is 0. The molecule has 0 bridgehead atoms. The number of morpholine rings is 1. The molecule has 0 aromatic heterocycles. The lowest BCUT2D eigenvalue weighted by molar-refractivity contribution is -0.139. The Morgan fingerprint density at radius 1 is 1.26 bits per heavy atom. The number of carbonyl (C=O) groups is 2. The zero-order valence-corrected chi connectivity index (χ0v) is 16.5. The minimum Gasteiger partial charge on any atom is -0.494 e. The third-order valence-corrected chi connectivity index (χ3v) is 4.53. The fraction of sp³-hybridized carbons (Fsp3) is 0.600. The number of benzene rings is 1. The molecule has 150 valence electrons. The van der Waals surface area contributed by atoms with Gasteiger partial charge in [-0.2, -0.15) is 0 Å². The van der Waals surface area contributed by atoms with Gasteiger partial charge in [0.1, 0.15) is 5.75 Å². The number of ether oxygens (including phenoxy) is 2. The van der Waals surface area contributed by atoms with E-state index in [0.717, 1.165) is 56.1 Å². The molecule has 1 unspecified atom stereocenters. The van der Waals surface area contributed by atoms with Crippen molar-refractivity contribution in [2.75, 3.05) is 46.0 Å². The summed E-state index contributed by atoms with van der Waals surface area (Å²) in [6, 6.07) is 5.50. The summed E-state index contributed by atoms with van der Waals surface area (Å²) in [5, 5.41) is 5.44. The monoisotopic (exact) mass is 377 g/mol. The highest BCUT2D eigenvalue weighted by Crippen LogP contribution is 2.26. The van der Waals surface area contributed by atoms with Crippen LogP contribution in [0.3, 0.4) is 0 Å². The van der Waals surface area contributed by atoms with Crippen molar-refractivity contribution in [2.24, 2.45) is 0 Å². The van der Waals surface area contributed by atoms with E-state index in [0.29, 0.717) is 13.2 Å². The molecule has 1 fully saturated rings. The number of hydrogen-bond acceptors (Lipinski definition) is 5. The first-order chi connectivity index (χ1) is 13.0. The minimum absolute atomic E-state index is 0.321. The van der Waals surface area contributed by atoms with E-state index < -0.39 is 11.8 Å². The maximum absolute atomic E-state index is 12.2. The van der Waals surface area contributed by atoms with Crippen molar-refractivity contribution in [2.45, 2.75) is 33.2 Å². The molecule has 0 aliphatic carbocycles. The predicted molar refractivity (Wildman–Crippen MR) is 104 cm³/mol. The predicted octanol–water partition coefficient (Wildman–Crippen LogP) is 1.41. The quantitative estimate of drug-likeness (QED) is 0.529. The van der Waals surface area contributed by atoms with E-state index in [-0.39, 0.29) is 6.04 Å². The average molecular weight is 377 g/mol. The first-order valence-electron chi connectivity index (χ1n) is 9.63. The van der Waals surface area contributed by atoms with Gasteiger partial charge in [0.25, 0.3) is 0 Å². The Kier molecular flexibility index (Phi) is 8.54. The van der Waals surface area contributed by atoms with Crippen LogP contribution in [0.15, 0.2) is 18.2 Å². The lowest BCUT2D eigenvalue weighted by Gasteiger charge is -2.26. The third kappa shape index (κ3) is 6.84. The van der Waals surface area contributed by atoms with Crippen LogP contribution >= 0.6 is 0 Å². The molecule has 0 saturated carbocycles. The van der Waals surface area contributed by atoms with E-state index in [4.69, 9.17) is 9.47 Å². The molecular weight excluding hydrogens is 346 g/mol. The van der Waals surface area contributed by atoms with E-state index in [2.05, 4.69) is 15.5 Å². The molecule has 0 spiro atoms. The van der Waals surface area contributed by atoms with Crippen LogP contribution in [0, 0.1) is 6.92 Å². The molecule has 7 heteroatoms. The molecule has 2 N–H and O–H groups in total. The molecular formula is C20H31N3O4. The van der Waals surface area contributed by atoms with Crippen LogP contribution in [0.4, 0.5) is 0 Å². The summed E-state index contributed by atoms with van der Waals surface area (Å²) in [5.74, 6) is -0.505. The second-order valence-electron chi connectivity index (χ2n) is 6.73. The molecule has 1 saturated heterocycles. The standard InChI is InChI=1S/C20H31N3O4/c1-4-27-18-7-6-15(2)14-17(18)16(3)22-20(25)19(24)21-8-5-9-23-10-12-26-13-11-23/h6-7,14,16H,4-5,8-13H2,1-3H3,(H,21,24)(H,22,25). The van der Waals surface area contributed by atoms with E-state index >= 15 is 0 Å². The minimum atomic E-state index is -0.627. The van der Waals surface area contributed by atoms with Crippen molar-refractivity contribution in [3.05, 3.63) is 29.3 Å². The van der Waals surface area contributed by atoms with Crippen LogP contribution in [-0.4, -0.2) is 62.7 Å². The normalized spacial score (nSPS) is 15.8. The largest absolute Gasteiger partial charge is 0.494 e. The van der Waals surface area contributed by atoms with Gasteiger partial charge in [0.15, 0.2) is 0 Å². The molecule has 0 radical (unpaired) electrons. The fourth-order valence-corrected chi connectivity index (χ4v) is 3.04. The highest BCUT2D eigenvalue weighted by molar-refractivity contribution is 6.35. The Labute approximate surface area is 161 Å². The number of amides is 2. The lowest BCUT2D eigenvalue weighted by atomic mass is 10.0. The maximum atomic E-state index is 12.2. The zero-order valence-electron chi connectivity index (χ0n) is 16.5. The molecule has 1 heterocycles. The van der Waals surface area contributed by atoms with Gasteiger partial charge in [0.2, 0.25) is 0 Å². The molecule has 7 nitrogen and oxygen atoms in total. The summed E-state index contributed by atoms with van der Waals surface area (Å²) >= 11 is 0. The summed E-state index contributed by atoms with van der Waals surface area (Å²) in [5.41, 5.74) is 1.94. The average Bonchev–Trinajstić information content (AvgIpc) is 2.67. The number of hydrogen-bond donors (Lipinski definition) is 2. The number of rotatable bonds is 8. The van der Waals surface area contributed by atoms with Gasteiger partial charge < -0.3 is 20.1 Å². The van der Waals surface area contributed by atoms with E-state index in [1.165, 1.54) is 0 Å². The Morgan fingerprint density at radius 3 is 2.70 bits per heavy atom. The summed E-state index contributed by atoms with van der Waals surface area (Å²) < 4.78 is 10.9. The number of aryl methyl sites for hydroxylation is 1. The fourth-order valence-electron chi connectivity index (χ4n) is 3.04. The van der Waals surface area contributed by atoms with Crippen molar-refractivity contribution < 1.29 is 19.1 Å². The smallest absolute Gasteiger partial charge is 0.309 e. The molecule has 2 rings (SSSR count). The Balaban J connectivity index is 1.78. The Morgan fingerprint density at radius 2 is 2.00 bits per heavy atom. The summed E-state index contributed by atoms with van der Waals surface area (Å²) in [6.07, 6.45) is 0.806. The van der Waals surface area contributed by atoms with E-state index in [1.54, 1.807) is 0 Å². The molecule has 1 aromatic rings. The number of carbonyl (C=O) groups excluding carboxylic acids is 2. The summed E-state index contributed by atoms with van der Waals surface area (Å²) in [6.45, 7) is 11.0. The van der Waals surface area contributed by atoms with Crippen LogP contribution in [-0.2, 0) is 14.3 Å². The number of nitrogens with one attached hydrogen (secondary N) is 2. The van der Waals surface area contributed by atoms with Crippen LogP contribution < -0.4 is 15.4 Å². The zero-order chi connectivity index (χ0) is 19.6. The second kappa shape index (κ2) is 10.9. The van der Waals surface area contributed by atoms with Gasteiger partial charge in [0, 0.05) is 25.2 Å². The van der Waals surface area contributed by atoms with Crippen molar-refractivity contribution in [1.82, 2.24) is 15.5 Å². The Bertz CT molecular complexity index is 630. The van der Waals surface area contributed by atoms with Gasteiger partial charge in [-0.05, 0) is 39.8 Å². The lowest BCUT2D eigenvalue weighted by Crippen LogP contribution is -2.42. The first-order valence-corrected chi connectivity index (χ1v) is 9.63. The van der Waals surface area contributed by atoms with Crippen LogP contribution in [0.25, 0.3) is 0 Å². The van der Waals surface area contributed by atoms with Crippen molar-refractivity contribution in [1.29, 1.82) is 0 Å². The molecule has 1 aliphatic rings. The molecule has 2 amide bonds. The van der Waals surface area contributed by atoms with Crippen LogP contribution in [0.1, 0.15) is 37.4 Å². The highest BCUT2D eigenvalue weighted by Gasteiger charge is 2.19. The maximum Gasteiger partial charge on any atom is 0.309 e. The van der Waals surface area contributed by atoms with Crippen molar-refractivity contribution >= 4 is 11.8 Å². The summed E-state index contributed by atoms with van der Waals surface area (Å²) in [4.78, 5) is 26.5. The van der Waals surface area contributed by atoms with Crippen molar-refractivity contribution in [3.63, 3.8) is 0 Å². The highest BCUT2D eigenvalue weighted by atomic mass is 16.5. The van der Waals surface area contributed by atoms with Gasteiger partial charge in [-0.3, -0.25) is 14.5 Å². The molecule has 1 aromatic carbocycles. The van der Waals surface area contributed by atoms with Gasteiger partial charge in [0.05, 0.1) is 25.9 Å².